The van der Waals surface area contributed by atoms with Crippen LogP contribution in [0.4, 0.5) is 5.69 Å². The molecule has 3 N–H and O–H groups in total. The molecule has 1 heterocycles. The molecule has 47 heavy (non-hydrogen) atoms. The van der Waals surface area contributed by atoms with Gasteiger partial charge >= 0.3 is 5.97 Å². The fourth-order valence-electron chi connectivity index (χ4n) is 4.59. The number of carbonyl (C=O) groups is 2. The van der Waals surface area contributed by atoms with Gasteiger partial charge in [0.15, 0.2) is 23.2 Å². The second-order valence-electron chi connectivity index (χ2n) is 9.89. The lowest BCUT2D eigenvalue weighted by atomic mass is 9.95. The van der Waals surface area contributed by atoms with Gasteiger partial charge < -0.3 is 29.6 Å². The molecular weight excluding hydrogens is 650 g/mol. The van der Waals surface area contributed by atoms with Crippen LogP contribution in [0, 0.1) is 10.1 Å². The van der Waals surface area contributed by atoms with Gasteiger partial charge in [0.2, 0.25) is 0 Å². The van der Waals surface area contributed by atoms with E-state index >= 15 is 0 Å². The number of nitrogens with zero attached hydrogens (tertiary/aromatic N) is 2. The highest BCUT2D eigenvalue weighted by molar-refractivity contribution is 7.80. The Kier molecular flexibility index (Phi) is 12.1. The number of hydrogen-bond acceptors (Lipinski definition) is 10. The molecule has 0 fully saturated rings. The number of para-hydroxylation sites is 1. The highest BCUT2D eigenvalue weighted by atomic mass is 35.5. The van der Waals surface area contributed by atoms with Crippen molar-refractivity contribution in [3.63, 3.8) is 0 Å². The average molecular weight is 682 g/mol. The highest BCUT2D eigenvalue weighted by Gasteiger charge is 2.32. The zero-order valence-electron chi connectivity index (χ0n) is 25.7. The van der Waals surface area contributed by atoms with Gasteiger partial charge in [-0.25, -0.2) is 10.2 Å². The molecule has 3 aromatic carbocycles. The summed E-state index contributed by atoms with van der Waals surface area (Å²) in [6.45, 7) is 5.40. The maximum atomic E-state index is 12.8. The number of hydrazone groups is 1. The van der Waals surface area contributed by atoms with Crippen LogP contribution in [0.2, 0.25) is 5.02 Å². The lowest BCUT2D eigenvalue weighted by Gasteiger charge is -2.30. The summed E-state index contributed by atoms with van der Waals surface area (Å²) in [6, 6.07) is 15.6. The van der Waals surface area contributed by atoms with Crippen molar-refractivity contribution < 1.29 is 33.5 Å². The number of thiocarbonyl (C=S) groups is 1. The highest BCUT2D eigenvalue weighted by Crippen LogP contribution is 2.37. The summed E-state index contributed by atoms with van der Waals surface area (Å²) in [5, 5.41) is 21.7. The molecule has 1 aliphatic heterocycles. The van der Waals surface area contributed by atoms with Crippen molar-refractivity contribution >= 4 is 52.7 Å². The molecular formula is C32H32ClN5O8S. The number of ether oxygens (including phenoxy) is 4. The number of nitro benzene ring substituents is 1. The third-order valence-electron chi connectivity index (χ3n) is 6.59. The average Bonchev–Trinajstić information content (AvgIpc) is 3.03. The molecule has 1 aliphatic rings. The van der Waals surface area contributed by atoms with Crippen molar-refractivity contribution in [3.05, 3.63) is 104 Å². The minimum atomic E-state index is -0.664. The van der Waals surface area contributed by atoms with Crippen molar-refractivity contribution in [3.8, 4) is 17.2 Å². The van der Waals surface area contributed by atoms with Gasteiger partial charge in [0.25, 0.3) is 11.6 Å². The quantitative estimate of drug-likeness (QED) is 0.0681. The molecule has 0 spiro atoms. The number of hydrogen-bond donors (Lipinski definition) is 3. The Labute approximate surface area is 281 Å². The van der Waals surface area contributed by atoms with Crippen molar-refractivity contribution in [1.29, 1.82) is 0 Å². The molecule has 3 aromatic rings. The Bertz CT molecular complexity index is 1730. The van der Waals surface area contributed by atoms with Crippen LogP contribution in [0.15, 0.2) is 77.0 Å². The molecule has 0 saturated carbocycles. The molecule has 0 radical (unpaired) electrons. The predicted octanol–water partition coefficient (Wildman–Crippen LogP) is 5.11. The van der Waals surface area contributed by atoms with E-state index in [0.29, 0.717) is 51.2 Å². The normalized spacial score (nSPS) is 14.2. The largest absolute Gasteiger partial charge is 0.490 e. The Morgan fingerprint density at radius 1 is 1.06 bits per heavy atom. The fraction of sp³-hybridized carbons (Fsp3) is 0.250. The molecule has 0 aromatic heterocycles. The van der Waals surface area contributed by atoms with Gasteiger partial charge in [0, 0.05) is 23.4 Å². The molecule has 0 unspecified atom stereocenters. The predicted molar refractivity (Wildman–Crippen MR) is 179 cm³/mol. The van der Waals surface area contributed by atoms with Crippen molar-refractivity contribution in [2.24, 2.45) is 5.10 Å². The van der Waals surface area contributed by atoms with Crippen LogP contribution in [-0.2, 0) is 20.9 Å². The van der Waals surface area contributed by atoms with Crippen molar-refractivity contribution in [2.45, 2.75) is 33.4 Å². The lowest BCUT2D eigenvalue weighted by molar-refractivity contribution is -0.384. The number of rotatable bonds is 14. The molecule has 0 aliphatic carbocycles. The number of nitro groups is 1. The van der Waals surface area contributed by atoms with E-state index in [1.165, 1.54) is 18.3 Å². The summed E-state index contributed by atoms with van der Waals surface area (Å²) >= 11 is 11.8. The number of carbonyl (C=O) groups excluding carboxylic acids is 2. The van der Waals surface area contributed by atoms with E-state index in [0.717, 1.165) is 0 Å². The monoisotopic (exact) mass is 681 g/mol. The van der Waals surface area contributed by atoms with Crippen LogP contribution in [0.1, 0.15) is 43.5 Å². The van der Waals surface area contributed by atoms with Crippen LogP contribution in [0.25, 0.3) is 0 Å². The van der Waals surface area contributed by atoms with E-state index in [1.807, 2.05) is 0 Å². The minimum Gasteiger partial charge on any atom is -0.490 e. The fourth-order valence-corrected chi connectivity index (χ4v) is 5.14. The van der Waals surface area contributed by atoms with Gasteiger partial charge in [-0.1, -0.05) is 41.9 Å². The van der Waals surface area contributed by atoms with E-state index < -0.39 is 22.8 Å². The second kappa shape index (κ2) is 16.4. The standard InChI is InChI=1S/C32H32ClN5O8S/c1-4-43-26-15-21(14-24(33)30(26)46-17-20-9-8-10-22(13-20)38(41)42)16-34-37-27(39)18-45-25-12-7-6-11-23(25)29-28(31(40)44-5-2)19(3)35-32(47)36-29/h6-16,29H,4-5,17-18H2,1-3H3,(H,37,39)(H2,35,36,47)/t29-/m1/s1. The molecule has 13 nitrogen and oxygen atoms in total. The lowest BCUT2D eigenvalue weighted by Crippen LogP contribution is -2.45. The van der Waals surface area contributed by atoms with Crippen molar-refractivity contribution in [2.75, 3.05) is 19.8 Å². The van der Waals surface area contributed by atoms with Gasteiger partial charge in [0.05, 0.1) is 41.0 Å². The maximum Gasteiger partial charge on any atom is 0.338 e. The smallest absolute Gasteiger partial charge is 0.338 e. The van der Waals surface area contributed by atoms with E-state index in [2.05, 4.69) is 21.2 Å². The Morgan fingerprint density at radius 2 is 1.85 bits per heavy atom. The first-order valence-electron chi connectivity index (χ1n) is 14.4. The van der Waals surface area contributed by atoms with Gasteiger partial charge in [-0.15, -0.1) is 0 Å². The van der Waals surface area contributed by atoms with E-state index in [4.69, 9.17) is 42.8 Å². The van der Waals surface area contributed by atoms with Crippen LogP contribution in [0.5, 0.6) is 17.2 Å². The summed E-state index contributed by atoms with van der Waals surface area (Å²) in [6.07, 6.45) is 1.38. The van der Waals surface area contributed by atoms with Gasteiger partial charge in [-0.05, 0) is 62.3 Å². The SMILES string of the molecule is CCOC(=O)C1=C(C)NC(=S)N[C@@H]1c1ccccc1OCC(=O)NN=Cc1cc(Cl)c(OCc2cccc([N+](=O)[O-])c2)c(OCC)c1. The molecule has 4 rings (SSSR count). The number of esters is 1. The van der Waals surface area contributed by atoms with Crippen molar-refractivity contribution in [1.82, 2.24) is 16.1 Å². The number of allylic oxidation sites excluding steroid dienone is 1. The topological polar surface area (TPSA) is 163 Å². The zero-order valence-corrected chi connectivity index (χ0v) is 27.3. The summed E-state index contributed by atoms with van der Waals surface area (Å²) < 4.78 is 22.6. The summed E-state index contributed by atoms with van der Waals surface area (Å²) in [5.74, 6) is -0.106. The molecule has 1 atom stereocenters. The first-order valence-corrected chi connectivity index (χ1v) is 15.2. The first kappa shape index (κ1) is 34.7. The number of nitrogens with one attached hydrogen (secondary N) is 3. The minimum absolute atomic E-state index is 0.0223. The van der Waals surface area contributed by atoms with Crippen LogP contribution in [0.3, 0.4) is 0 Å². The number of halogens is 1. The van der Waals surface area contributed by atoms with Crippen LogP contribution in [-0.4, -0.2) is 47.9 Å². The molecule has 0 bridgehead atoms. The molecule has 1 amide bonds. The maximum absolute atomic E-state index is 12.8. The van der Waals surface area contributed by atoms with Crippen LogP contribution >= 0.6 is 23.8 Å². The Morgan fingerprint density at radius 3 is 2.60 bits per heavy atom. The van der Waals surface area contributed by atoms with E-state index in [1.54, 1.807) is 69.3 Å². The van der Waals surface area contributed by atoms with Crippen LogP contribution < -0.4 is 30.3 Å². The Hall–Kier alpha value is -5.21. The molecule has 0 saturated heterocycles. The van der Waals surface area contributed by atoms with E-state index in [9.17, 15) is 19.7 Å². The van der Waals surface area contributed by atoms with Gasteiger partial charge in [0.1, 0.15) is 12.4 Å². The molecule has 15 heteroatoms. The second-order valence-corrected chi connectivity index (χ2v) is 10.7. The number of non-ortho nitro benzene ring substituents is 1. The van der Waals surface area contributed by atoms with Gasteiger partial charge in [-0.2, -0.15) is 5.10 Å². The first-order chi connectivity index (χ1) is 22.6. The number of amides is 1. The summed E-state index contributed by atoms with van der Waals surface area (Å²) in [5.41, 5.74) is 4.93. The molecule has 246 valence electrons. The summed E-state index contributed by atoms with van der Waals surface area (Å²) in [7, 11) is 0. The third-order valence-corrected chi connectivity index (χ3v) is 7.09. The third kappa shape index (κ3) is 9.17. The number of benzene rings is 3. The Balaban J connectivity index is 1.41. The van der Waals surface area contributed by atoms with Gasteiger partial charge in [-0.3, -0.25) is 14.9 Å². The summed E-state index contributed by atoms with van der Waals surface area (Å²) in [4.78, 5) is 36.0. The van der Waals surface area contributed by atoms with E-state index in [-0.39, 0.29) is 36.3 Å². The zero-order chi connectivity index (χ0) is 33.9.